The Balaban J connectivity index is 0. The number of unbranched alkanes of at least 4 members (excludes halogenated alkanes) is 1. The molecule has 15 heavy (non-hydrogen) atoms. The number of carbonyl (C=O) groups is 1. The summed E-state index contributed by atoms with van der Waals surface area (Å²) >= 11 is 0. The molecule has 0 aromatic carbocycles. The van der Waals surface area contributed by atoms with Crippen molar-refractivity contribution in [2.24, 2.45) is 0 Å². The third-order valence-electron chi connectivity index (χ3n) is 1.08. The number of hydrogen-bond acceptors (Lipinski definition) is 5. The molecule has 92 valence electrons. The Morgan fingerprint density at radius 2 is 1.87 bits per heavy atom. The van der Waals surface area contributed by atoms with Crippen molar-refractivity contribution >= 4 is 16.1 Å². The lowest BCUT2D eigenvalue weighted by molar-refractivity contribution is -0.152. The lowest BCUT2D eigenvalue weighted by atomic mass is 10.3. The fourth-order valence-corrected chi connectivity index (χ4v) is 0.438. The average molecular weight is 242 g/mol. The maximum absolute atomic E-state index is 10.5. The van der Waals surface area contributed by atoms with Gasteiger partial charge in [0.2, 0.25) is 0 Å². The van der Waals surface area contributed by atoms with E-state index in [2.05, 4.69) is 4.74 Å². The normalized spacial score (nSPS) is 12.3. The molecule has 0 bridgehead atoms. The fraction of sp³-hybridized carbons (Fsp3) is 0.875. The van der Waals surface area contributed by atoms with Crippen molar-refractivity contribution in [1.82, 2.24) is 0 Å². The number of hydrogen-bond donors (Lipinski definition) is 2. The van der Waals surface area contributed by atoms with Crippen LogP contribution in [0, 0.1) is 0 Å². The topological polar surface area (TPSA) is 101 Å². The van der Waals surface area contributed by atoms with Crippen molar-refractivity contribution in [2.75, 3.05) is 12.9 Å². The van der Waals surface area contributed by atoms with Gasteiger partial charge >= 0.3 is 5.97 Å². The first-order chi connectivity index (χ1) is 6.68. The number of rotatable bonds is 4. The largest absolute Gasteiger partial charge is 0.464 e. The van der Waals surface area contributed by atoms with Gasteiger partial charge in [0.05, 0.1) is 12.9 Å². The lowest BCUT2D eigenvalue weighted by Crippen LogP contribution is -2.19. The van der Waals surface area contributed by atoms with Gasteiger partial charge in [0.15, 0.2) is 0 Å². The van der Waals surface area contributed by atoms with Gasteiger partial charge in [-0.05, 0) is 13.3 Å². The van der Waals surface area contributed by atoms with Crippen molar-refractivity contribution < 1.29 is 27.6 Å². The molecule has 0 aliphatic rings. The van der Waals surface area contributed by atoms with Gasteiger partial charge in [-0.2, -0.15) is 8.42 Å². The first-order valence-electron chi connectivity index (χ1n) is 4.45. The third-order valence-corrected chi connectivity index (χ3v) is 1.08. The summed E-state index contributed by atoms with van der Waals surface area (Å²) in [6.45, 7) is 3.82. The van der Waals surface area contributed by atoms with Crippen molar-refractivity contribution in [2.45, 2.75) is 32.8 Å². The highest BCUT2D eigenvalue weighted by atomic mass is 32.2. The second-order valence-electron chi connectivity index (χ2n) is 2.93. The second-order valence-corrected chi connectivity index (χ2v) is 4.40. The smallest absolute Gasteiger partial charge is 0.334 e. The van der Waals surface area contributed by atoms with E-state index >= 15 is 0 Å². The molecule has 0 fully saturated rings. The van der Waals surface area contributed by atoms with Gasteiger partial charge in [-0.3, -0.25) is 4.55 Å². The monoisotopic (exact) mass is 242 g/mol. The molecule has 6 nitrogen and oxygen atoms in total. The van der Waals surface area contributed by atoms with Gasteiger partial charge < -0.3 is 9.84 Å². The summed E-state index contributed by atoms with van der Waals surface area (Å²) < 4.78 is 30.5. The van der Waals surface area contributed by atoms with Crippen LogP contribution in [0.1, 0.15) is 26.7 Å². The van der Waals surface area contributed by atoms with E-state index in [1.165, 1.54) is 6.92 Å². The molecule has 1 atom stereocenters. The van der Waals surface area contributed by atoms with Crippen LogP contribution in [-0.2, 0) is 19.6 Å². The van der Waals surface area contributed by atoms with Gasteiger partial charge in [0.1, 0.15) is 6.10 Å². The maximum Gasteiger partial charge on any atom is 0.334 e. The Morgan fingerprint density at radius 3 is 2.13 bits per heavy atom. The SMILES string of the molecule is CCCCOC(=O)C(C)O.CS(=O)(=O)O. The summed E-state index contributed by atoms with van der Waals surface area (Å²) in [4.78, 5) is 10.5. The molecule has 0 saturated carbocycles. The van der Waals surface area contributed by atoms with Gasteiger partial charge in [-0.1, -0.05) is 13.3 Å². The van der Waals surface area contributed by atoms with Crippen LogP contribution in [0.15, 0.2) is 0 Å². The van der Waals surface area contributed by atoms with Gasteiger partial charge in [-0.25, -0.2) is 4.79 Å². The van der Waals surface area contributed by atoms with Crippen LogP contribution >= 0.6 is 0 Å². The summed E-state index contributed by atoms with van der Waals surface area (Å²) in [5.41, 5.74) is 0. The minimum absolute atomic E-state index is 0.417. The Labute approximate surface area is 90.0 Å². The summed E-state index contributed by atoms with van der Waals surface area (Å²) in [6, 6.07) is 0. The lowest BCUT2D eigenvalue weighted by Gasteiger charge is -2.04. The Kier molecular flexibility index (Phi) is 9.64. The molecule has 0 amide bonds. The van der Waals surface area contributed by atoms with E-state index in [0.29, 0.717) is 12.9 Å². The Bertz CT molecular complexity index is 248. The summed E-state index contributed by atoms with van der Waals surface area (Å²) in [7, 11) is -3.67. The predicted octanol–water partition coefficient (Wildman–Crippen LogP) is 0.215. The number of aliphatic hydroxyl groups excluding tert-OH is 1. The Morgan fingerprint density at radius 1 is 1.47 bits per heavy atom. The molecule has 0 spiro atoms. The van der Waals surface area contributed by atoms with Crippen LogP contribution in [0.2, 0.25) is 0 Å². The van der Waals surface area contributed by atoms with Gasteiger partial charge in [0, 0.05) is 0 Å². The first kappa shape index (κ1) is 16.8. The molecule has 0 aromatic heterocycles. The molecule has 0 aliphatic carbocycles. The molecular weight excluding hydrogens is 224 g/mol. The average Bonchev–Trinajstić information content (AvgIpc) is 2.01. The first-order valence-corrected chi connectivity index (χ1v) is 6.30. The van der Waals surface area contributed by atoms with Crippen LogP contribution in [0.3, 0.4) is 0 Å². The van der Waals surface area contributed by atoms with E-state index < -0.39 is 22.2 Å². The zero-order valence-corrected chi connectivity index (χ0v) is 9.95. The highest BCUT2D eigenvalue weighted by Crippen LogP contribution is 1.91. The molecule has 0 aliphatic heterocycles. The van der Waals surface area contributed by atoms with Crippen LogP contribution < -0.4 is 0 Å². The minimum atomic E-state index is -3.67. The Hall–Kier alpha value is -0.660. The van der Waals surface area contributed by atoms with Crippen molar-refractivity contribution in [3.8, 4) is 0 Å². The summed E-state index contributed by atoms with van der Waals surface area (Å²) in [5, 5.41) is 8.65. The van der Waals surface area contributed by atoms with Crippen LogP contribution in [-0.4, -0.2) is 43.0 Å². The van der Waals surface area contributed by atoms with Crippen molar-refractivity contribution in [3.63, 3.8) is 0 Å². The quantitative estimate of drug-likeness (QED) is 0.415. The van der Waals surface area contributed by atoms with E-state index in [-0.39, 0.29) is 0 Å². The summed E-state index contributed by atoms with van der Waals surface area (Å²) in [6.07, 6.45) is 1.58. The van der Waals surface area contributed by atoms with E-state index in [4.69, 9.17) is 9.66 Å². The van der Waals surface area contributed by atoms with Gasteiger partial charge in [0.25, 0.3) is 10.1 Å². The second kappa shape index (κ2) is 8.63. The van der Waals surface area contributed by atoms with Crippen LogP contribution in [0.5, 0.6) is 0 Å². The van der Waals surface area contributed by atoms with E-state index in [9.17, 15) is 13.2 Å². The van der Waals surface area contributed by atoms with Crippen LogP contribution in [0.25, 0.3) is 0 Å². The van der Waals surface area contributed by atoms with Gasteiger partial charge in [-0.15, -0.1) is 0 Å². The number of esters is 1. The molecule has 0 saturated heterocycles. The molecule has 1 unspecified atom stereocenters. The van der Waals surface area contributed by atoms with E-state index in [1.54, 1.807) is 0 Å². The summed E-state index contributed by atoms with van der Waals surface area (Å²) in [5.74, 6) is -0.534. The van der Waals surface area contributed by atoms with E-state index in [1.807, 2.05) is 6.92 Å². The highest BCUT2D eigenvalue weighted by Gasteiger charge is 2.08. The number of ether oxygens (including phenoxy) is 1. The molecule has 0 aromatic rings. The zero-order valence-electron chi connectivity index (χ0n) is 9.13. The highest BCUT2D eigenvalue weighted by molar-refractivity contribution is 7.85. The zero-order chi connectivity index (χ0) is 12.5. The molecule has 2 N–H and O–H groups in total. The van der Waals surface area contributed by atoms with Crippen molar-refractivity contribution in [1.29, 1.82) is 0 Å². The third kappa shape index (κ3) is 24.7. The standard InChI is InChI=1S/C7H14O3.CH4O3S/c1-3-4-5-10-7(9)6(2)8;1-5(2,3)4/h6,8H,3-5H2,1-2H3;1H3,(H,2,3,4). The molecule has 0 heterocycles. The number of aliphatic hydroxyl groups is 1. The van der Waals surface area contributed by atoms with E-state index in [0.717, 1.165) is 12.8 Å². The molecular formula is C8H18O6S. The minimum Gasteiger partial charge on any atom is -0.464 e. The molecule has 0 radical (unpaired) electrons. The van der Waals surface area contributed by atoms with Crippen molar-refractivity contribution in [3.05, 3.63) is 0 Å². The van der Waals surface area contributed by atoms with Crippen LogP contribution in [0.4, 0.5) is 0 Å². The fourth-order valence-electron chi connectivity index (χ4n) is 0.438. The molecule has 0 rings (SSSR count). The number of carbonyl (C=O) groups excluding carboxylic acids is 1. The maximum atomic E-state index is 10.5. The predicted molar refractivity (Wildman–Crippen MR) is 55.0 cm³/mol. The molecule has 7 heteroatoms.